The molecule has 13 aromatic rings. The molecule has 17 rings (SSSR count). The maximum absolute atomic E-state index is 2.77. The van der Waals surface area contributed by atoms with Gasteiger partial charge in [0, 0.05) is 0 Å². The summed E-state index contributed by atoms with van der Waals surface area (Å²) in [5.41, 5.74) is 25.0. The molecule has 0 heteroatoms. The molecule has 2 fully saturated rings. The molecule has 0 amide bonds. The predicted molar refractivity (Wildman–Crippen MR) is 325 cm³/mol. The van der Waals surface area contributed by atoms with Gasteiger partial charge in [-0.1, -0.05) is 233 Å². The van der Waals surface area contributed by atoms with Crippen molar-refractivity contribution in [3.63, 3.8) is 0 Å². The van der Waals surface area contributed by atoms with Crippen molar-refractivity contribution in [2.75, 3.05) is 0 Å². The van der Waals surface area contributed by atoms with E-state index in [-0.39, 0.29) is 0 Å². The third-order valence-corrected chi connectivity index (χ3v) is 19.0. The summed E-state index contributed by atoms with van der Waals surface area (Å²) >= 11 is 0. The molecule has 0 atom stereocenters. The molecule has 0 spiro atoms. The zero-order valence-electron chi connectivity index (χ0n) is 42.9. The Morgan fingerprint density at radius 2 is 0.500 bits per heavy atom. The van der Waals surface area contributed by atoms with Crippen molar-refractivity contribution in [1.29, 1.82) is 0 Å². The van der Waals surface area contributed by atoms with Gasteiger partial charge in [0.25, 0.3) is 0 Å². The van der Waals surface area contributed by atoms with Gasteiger partial charge in [-0.05, 0) is 214 Å². The highest BCUT2D eigenvalue weighted by molar-refractivity contribution is 6.43. The molecule has 0 N–H and O–H groups in total. The van der Waals surface area contributed by atoms with E-state index < -0.39 is 0 Å². The van der Waals surface area contributed by atoms with E-state index >= 15 is 0 Å². The number of benzene rings is 13. The summed E-state index contributed by atoms with van der Waals surface area (Å²) in [4.78, 5) is 0. The number of rotatable bonds is 6. The summed E-state index contributed by atoms with van der Waals surface area (Å²) in [5.74, 6) is 0.969. The minimum Gasteiger partial charge on any atom is -0.0622 e. The van der Waals surface area contributed by atoms with Gasteiger partial charge in [0.2, 0.25) is 0 Å². The number of fused-ring (bicyclic) bond motifs is 10. The van der Waals surface area contributed by atoms with Crippen LogP contribution < -0.4 is 0 Å². The molecule has 13 aromatic carbocycles. The molecule has 2 saturated carbocycles. The highest BCUT2D eigenvalue weighted by Crippen LogP contribution is 2.65. The summed E-state index contributed by atoms with van der Waals surface area (Å²) in [6, 6.07) is 79.8. The van der Waals surface area contributed by atoms with Crippen LogP contribution in [-0.4, -0.2) is 0 Å². The lowest BCUT2D eigenvalue weighted by Crippen LogP contribution is -2.08. The molecular formula is C76H56. The summed E-state index contributed by atoms with van der Waals surface area (Å²) in [6.45, 7) is 0. The largest absolute Gasteiger partial charge is 0.0622 e. The average Bonchev–Trinajstić information content (AvgIpc) is 4.09. The molecule has 76 heavy (non-hydrogen) atoms. The van der Waals surface area contributed by atoms with E-state index in [2.05, 4.69) is 206 Å². The van der Waals surface area contributed by atoms with Crippen LogP contribution in [0.5, 0.6) is 0 Å². The molecule has 0 nitrogen and oxygen atoms in total. The van der Waals surface area contributed by atoms with Gasteiger partial charge in [-0.3, -0.25) is 0 Å². The van der Waals surface area contributed by atoms with Gasteiger partial charge in [0.1, 0.15) is 0 Å². The molecule has 4 aliphatic rings. The van der Waals surface area contributed by atoms with Gasteiger partial charge in [-0.25, -0.2) is 0 Å². The van der Waals surface area contributed by atoms with Crippen molar-refractivity contribution >= 4 is 64.6 Å². The molecule has 4 aliphatic carbocycles. The van der Waals surface area contributed by atoms with Crippen molar-refractivity contribution < 1.29 is 0 Å². The first-order valence-corrected chi connectivity index (χ1v) is 28.5. The predicted octanol–water partition coefficient (Wildman–Crippen LogP) is 22.1. The summed E-state index contributed by atoms with van der Waals surface area (Å²) in [5, 5.41) is 17.1. The minimum atomic E-state index is 0.485. The molecule has 0 radical (unpaired) electrons. The van der Waals surface area contributed by atoms with Crippen molar-refractivity contribution in [2.45, 2.75) is 76.0 Å². The molecule has 0 aromatic heterocycles. The fourth-order valence-corrected chi connectivity index (χ4v) is 16.0. The first-order valence-electron chi connectivity index (χ1n) is 28.5. The van der Waals surface area contributed by atoms with E-state index in [1.807, 2.05) is 0 Å². The van der Waals surface area contributed by atoms with Crippen LogP contribution in [0.4, 0.5) is 0 Å². The SMILES string of the molecule is c1ccc(-c2c3c(c(-c4ccccc4)c4ccccc24)-c2cc(C4CCCCC4)c4c5ccc6c7c(cc(C8CCCCC8)c(c8ccc-3c2c84)c75)-c2c-6c(-c3ccccc3)c3ccccc3c2-c2ccccc2)cc1. The Hall–Kier alpha value is -8.32. The second-order valence-electron chi connectivity index (χ2n) is 22.8. The summed E-state index contributed by atoms with van der Waals surface area (Å²) in [6.07, 6.45) is 12.7. The van der Waals surface area contributed by atoms with Crippen molar-refractivity contribution in [3.8, 4) is 89.0 Å². The van der Waals surface area contributed by atoms with E-state index in [0.29, 0.717) is 11.8 Å². The first-order chi connectivity index (χ1) is 37.8. The lowest BCUT2D eigenvalue weighted by Gasteiger charge is -2.29. The van der Waals surface area contributed by atoms with Gasteiger partial charge < -0.3 is 0 Å². The van der Waals surface area contributed by atoms with Crippen LogP contribution in [0.3, 0.4) is 0 Å². The standard InChI is InChI=1S/C76H56/c1-7-23-45(24-8-1)59-43-61-69-57(71-63(47-27-11-3-12-28-47)51-35-19-21-37-53(51)65(75(61)71)49-31-15-5-16-32-49)42-40-56-68-60(46-25-9-2-10-26-46)44-62-70-58(41-39-55(74(68)70)67(59)73(56)69)72-64(48-29-13-4-14-30-48)52-36-20-22-38-54(52)66(76(62)72)50-33-17-6-18-34-50/h3-6,11-22,27-46H,1-2,7-10,23-26H2. The quantitative estimate of drug-likeness (QED) is 0.115. The Kier molecular flexibility index (Phi) is 9.38. The van der Waals surface area contributed by atoms with E-state index in [4.69, 9.17) is 0 Å². The average molecular weight is 969 g/mol. The lowest BCUT2D eigenvalue weighted by molar-refractivity contribution is 0.445. The fraction of sp³-hybridized carbons (Fsp3) is 0.158. The van der Waals surface area contributed by atoms with E-state index in [9.17, 15) is 0 Å². The van der Waals surface area contributed by atoms with E-state index in [1.165, 1.54) is 218 Å². The second-order valence-corrected chi connectivity index (χ2v) is 22.8. The lowest BCUT2D eigenvalue weighted by atomic mass is 9.75. The first kappa shape index (κ1) is 43.0. The Morgan fingerprint density at radius 1 is 0.211 bits per heavy atom. The normalized spacial score (nSPS) is 15.3. The topological polar surface area (TPSA) is 0 Å². The van der Waals surface area contributed by atoms with Gasteiger partial charge >= 0.3 is 0 Å². The zero-order chi connectivity index (χ0) is 49.6. The Labute approximate surface area is 444 Å². The van der Waals surface area contributed by atoms with Crippen LogP contribution in [-0.2, 0) is 0 Å². The maximum atomic E-state index is 2.77. The van der Waals surface area contributed by atoms with Crippen LogP contribution >= 0.6 is 0 Å². The van der Waals surface area contributed by atoms with E-state index in [0.717, 1.165) is 0 Å². The highest BCUT2D eigenvalue weighted by atomic mass is 14.4. The van der Waals surface area contributed by atoms with Crippen molar-refractivity contribution in [2.24, 2.45) is 0 Å². The third-order valence-electron chi connectivity index (χ3n) is 19.0. The van der Waals surface area contributed by atoms with Gasteiger partial charge in [0.05, 0.1) is 0 Å². The van der Waals surface area contributed by atoms with Gasteiger partial charge in [-0.2, -0.15) is 0 Å². The molecule has 0 bridgehead atoms. The molecule has 0 saturated heterocycles. The molecule has 0 aliphatic heterocycles. The Balaban J connectivity index is 1.08. The maximum Gasteiger partial charge on any atom is -0.000730 e. The highest BCUT2D eigenvalue weighted by Gasteiger charge is 2.38. The van der Waals surface area contributed by atoms with Crippen LogP contribution in [0.1, 0.15) is 87.2 Å². The molecule has 360 valence electrons. The van der Waals surface area contributed by atoms with Crippen LogP contribution in [0.2, 0.25) is 0 Å². The zero-order valence-corrected chi connectivity index (χ0v) is 42.9. The number of hydrogen-bond acceptors (Lipinski definition) is 0. The van der Waals surface area contributed by atoms with Crippen molar-refractivity contribution in [1.82, 2.24) is 0 Å². The van der Waals surface area contributed by atoms with Gasteiger partial charge in [0.15, 0.2) is 0 Å². The Bertz CT molecular complexity index is 4240. The summed E-state index contributed by atoms with van der Waals surface area (Å²) < 4.78 is 0. The molecule has 0 heterocycles. The van der Waals surface area contributed by atoms with Crippen LogP contribution in [0, 0.1) is 0 Å². The van der Waals surface area contributed by atoms with Crippen LogP contribution in [0.15, 0.2) is 206 Å². The molecular weight excluding hydrogens is 913 g/mol. The van der Waals surface area contributed by atoms with E-state index in [1.54, 1.807) is 11.1 Å². The van der Waals surface area contributed by atoms with Crippen LogP contribution in [0.25, 0.3) is 154 Å². The third kappa shape index (κ3) is 5.91. The monoisotopic (exact) mass is 968 g/mol. The fourth-order valence-electron chi connectivity index (χ4n) is 16.0. The Morgan fingerprint density at radius 3 is 0.816 bits per heavy atom. The van der Waals surface area contributed by atoms with Gasteiger partial charge in [-0.15, -0.1) is 0 Å². The minimum absolute atomic E-state index is 0.485. The second kappa shape index (κ2) is 16.6. The van der Waals surface area contributed by atoms with Crippen molar-refractivity contribution in [3.05, 3.63) is 217 Å². The molecule has 0 unspecified atom stereocenters. The number of hydrogen-bond donors (Lipinski definition) is 0. The summed E-state index contributed by atoms with van der Waals surface area (Å²) in [7, 11) is 0. The smallest absolute Gasteiger partial charge is 0.000730 e.